The van der Waals surface area contributed by atoms with Crippen LogP contribution in [0.5, 0.6) is 11.5 Å². The highest BCUT2D eigenvalue weighted by Crippen LogP contribution is 2.31. The normalized spacial score (nSPS) is 18.0. The summed E-state index contributed by atoms with van der Waals surface area (Å²) in [5, 5.41) is 0. The van der Waals surface area contributed by atoms with E-state index < -0.39 is 28.3 Å². The fourth-order valence-electron chi connectivity index (χ4n) is 3.11. The van der Waals surface area contributed by atoms with E-state index in [0.717, 1.165) is 0 Å². The summed E-state index contributed by atoms with van der Waals surface area (Å²) >= 11 is 0. The third-order valence-electron chi connectivity index (χ3n) is 4.38. The number of hydrogen-bond donors (Lipinski definition) is 0. The fraction of sp³-hybridized carbons (Fsp3) is 0.556. The topological polar surface area (TPSA) is 99.2 Å². The molecule has 0 spiro atoms. The summed E-state index contributed by atoms with van der Waals surface area (Å²) < 4.78 is 38.9. The quantitative estimate of drug-likeness (QED) is 0.607. The molecule has 2 rings (SSSR count). The van der Waals surface area contributed by atoms with Gasteiger partial charge >= 0.3 is 5.97 Å². The standard InChI is InChI=1S/C18H25NO7S/c1-4-9-19(13-8-10-27(22,23)12-13)16(20)11-26-18(21)14-6-5-7-15(24-2)17(14)25-3/h5-7,13H,4,8-12H2,1-3H3/t13-/m1/s1. The second-order valence-electron chi connectivity index (χ2n) is 6.26. The van der Waals surface area contributed by atoms with Crippen LogP contribution in [0.1, 0.15) is 30.1 Å². The number of carbonyl (C=O) groups is 2. The molecule has 0 N–H and O–H groups in total. The predicted molar refractivity (Wildman–Crippen MR) is 98.9 cm³/mol. The fourth-order valence-corrected chi connectivity index (χ4v) is 4.84. The van der Waals surface area contributed by atoms with Crippen LogP contribution in [-0.4, -0.2) is 70.1 Å². The average molecular weight is 399 g/mol. The van der Waals surface area contributed by atoms with Crippen LogP contribution in [0.25, 0.3) is 0 Å². The lowest BCUT2D eigenvalue weighted by Gasteiger charge is -2.27. The third-order valence-corrected chi connectivity index (χ3v) is 6.13. The number of rotatable bonds is 8. The van der Waals surface area contributed by atoms with E-state index in [1.54, 1.807) is 12.1 Å². The molecule has 27 heavy (non-hydrogen) atoms. The Hall–Kier alpha value is -2.29. The molecule has 8 nitrogen and oxygen atoms in total. The number of ether oxygens (including phenoxy) is 3. The van der Waals surface area contributed by atoms with Crippen LogP contribution < -0.4 is 9.47 Å². The van der Waals surface area contributed by atoms with E-state index in [0.29, 0.717) is 25.1 Å². The zero-order valence-corrected chi connectivity index (χ0v) is 16.6. The summed E-state index contributed by atoms with van der Waals surface area (Å²) in [6.07, 6.45) is 1.09. The van der Waals surface area contributed by atoms with Crippen molar-refractivity contribution in [2.24, 2.45) is 0 Å². The van der Waals surface area contributed by atoms with E-state index >= 15 is 0 Å². The molecular formula is C18H25NO7S. The van der Waals surface area contributed by atoms with E-state index in [9.17, 15) is 18.0 Å². The number of methoxy groups -OCH3 is 2. The molecule has 9 heteroatoms. The summed E-state index contributed by atoms with van der Waals surface area (Å²) in [4.78, 5) is 26.4. The van der Waals surface area contributed by atoms with Gasteiger partial charge in [0.15, 0.2) is 27.9 Å². The van der Waals surface area contributed by atoms with E-state index in [2.05, 4.69) is 0 Å². The smallest absolute Gasteiger partial charge is 0.342 e. The molecule has 1 aromatic carbocycles. The van der Waals surface area contributed by atoms with Crippen LogP contribution in [0.3, 0.4) is 0 Å². The minimum absolute atomic E-state index is 0.0452. The van der Waals surface area contributed by atoms with Crippen molar-refractivity contribution >= 4 is 21.7 Å². The lowest BCUT2D eigenvalue weighted by molar-refractivity contribution is -0.136. The van der Waals surface area contributed by atoms with Gasteiger partial charge in [-0.05, 0) is 25.0 Å². The zero-order chi connectivity index (χ0) is 20.0. The Morgan fingerprint density at radius 1 is 1.22 bits per heavy atom. The molecule has 0 bridgehead atoms. The summed E-state index contributed by atoms with van der Waals surface area (Å²) in [6, 6.07) is 4.41. The van der Waals surface area contributed by atoms with E-state index in [4.69, 9.17) is 14.2 Å². The molecule has 1 heterocycles. The van der Waals surface area contributed by atoms with Crippen LogP contribution in [0.2, 0.25) is 0 Å². The molecule has 0 aliphatic carbocycles. The first-order chi connectivity index (χ1) is 12.8. The summed E-state index contributed by atoms with van der Waals surface area (Å²) in [5.74, 6) is -0.488. The lowest BCUT2D eigenvalue weighted by atomic mass is 10.2. The molecule has 1 aliphatic rings. The SMILES string of the molecule is CCCN(C(=O)COC(=O)c1cccc(OC)c1OC)[C@@H]1CCS(=O)(=O)C1. The molecule has 0 aromatic heterocycles. The van der Waals surface area contributed by atoms with Gasteiger partial charge in [-0.1, -0.05) is 13.0 Å². The van der Waals surface area contributed by atoms with E-state index in [1.807, 2.05) is 6.92 Å². The molecule has 1 fully saturated rings. The van der Waals surface area contributed by atoms with Crippen molar-refractivity contribution in [3.8, 4) is 11.5 Å². The molecule has 0 saturated carbocycles. The highest BCUT2D eigenvalue weighted by Gasteiger charge is 2.34. The van der Waals surface area contributed by atoms with Gasteiger partial charge in [-0.3, -0.25) is 4.79 Å². The van der Waals surface area contributed by atoms with E-state index in [1.165, 1.54) is 25.2 Å². The first-order valence-electron chi connectivity index (χ1n) is 8.71. The van der Waals surface area contributed by atoms with Gasteiger partial charge in [0.05, 0.1) is 25.7 Å². The van der Waals surface area contributed by atoms with Crippen molar-refractivity contribution in [3.05, 3.63) is 23.8 Å². The van der Waals surface area contributed by atoms with E-state index in [-0.39, 0.29) is 28.9 Å². The second kappa shape index (κ2) is 9.07. The van der Waals surface area contributed by atoms with Crippen LogP contribution >= 0.6 is 0 Å². The highest BCUT2D eigenvalue weighted by molar-refractivity contribution is 7.91. The number of benzene rings is 1. The number of nitrogens with zero attached hydrogens (tertiary/aromatic N) is 1. The van der Waals surface area contributed by atoms with Crippen LogP contribution in [0, 0.1) is 0 Å². The Labute approximate surface area is 159 Å². The Balaban J connectivity index is 2.06. The average Bonchev–Trinajstić information content (AvgIpc) is 3.02. The summed E-state index contributed by atoms with van der Waals surface area (Å²) in [6.45, 7) is 1.85. The van der Waals surface area contributed by atoms with Crippen molar-refractivity contribution in [3.63, 3.8) is 0 Å². The highest BCUT2D eigenvalue weighted by atomic mass is 32.2. The number of amides is 1. The predicted octanol–water partition coefficient (Wildman–Crippen LogP) is 1.29. The van der Waals surface area contributed by atoms with Crippen molar-refractivity contribution in [1.29, 1.82) is 0 Å². The Bertz CT molecular complexity index is 791. The van der Waals surface area contributed by atoms with Gasteiger partial charge in [0.1, 0.15) is 5.56 Å². The molecule has 0 radical (unpaired) electrons. The van der Waals surface area contributed by atoms with Crippen molar-refractivity contribution < 1.29 is 32.2 Å². The van der Waals surface area contributed by atoms with Crippen molar-refractivity contribution in [1.82, 2.24) is 4.90 Å². The maximum atomic E-state index is 12.5. The maximum absolute atomic E-state index is 12.5. The zero-order valence-electron chi connectivity index (χ0n) is 15.8. The van der Waals surface area contributed by atoms with Gasteiger partial charge in [-0.25, -0.2) is 13.2 Å². The van der Waals surface area contributed by atoms with Crippen molar-refractivity contribution in [2.75, 3.05) is 38.9 Å². The van der Waals surface area contributed by atoms with Crippen LogP contribution in [-0.2, 0) is 19.4 Å². The molecule has 1 saturated heterocycles. The summed E-state index contributed by atoms with van der Waals surface area (Å²) in [7, 11) is -0.256. The minimum Gasteiger partial charge on any atom is -0.493 e. The van der Waals surface area contributed by atoms with Gasteiger partial charge in [-0.15, -0.1) is 0 Å². The molecule has 1 amide bonds. The first-order valence-corrected chi connectivity index (χ1v) is 10.5. The number of esters is 1. The monoisotopic (exact) mass is 399 g/mol. The molecule has 0 unspecified atom stereocenters. The van der Waals surface area contributed by atoms with Crippen LogP contribution in [0.4, 0.5) is 0 Å². The minimum atomic E-state index is -3.12. The van der Waals surface area contributed by atoms with Gasteiger partial charge in [0, 0.05) is 12.6 Å². The molecular weight excluding hydrogens is 374 g/mol. The largest absolute Gasteiger partial charge is 0.493 e. The molecule has 1 aliphatic heterocycles. The van der Waals surface area contributed by atoms with Crippen molar-refractivity contribution in [2.45, 2.75) is 25.8 Å². The maximum Gasteiger partial charge on any atom is 0.342 e. The third kappa shape index (κ3) is 5.12. The summed E-state index contributed by atoms with van der Waals surface area (Å²) in [5.41, 5.74) is 0.148. The number of para-hydroxylation sites is 1. The van der Waals surface area contributed by atoms with Gasteiger partial charge in [0.2, 0.25) is 0 Å². The Morgan fingerprint density at radius 3 is 2.52 bits per heavy atom. The Kier molecular flexibility index (Phi) is 7.06. The number of sulfone groups is 1. The lowest BCUT2D eigenvalue weighted by Crippen LogP contribution is -2.43. The Morgan fingerprint density at radius 2 is 1.96 bits per heavy atom. The molecule has 150 valence electrons. The van der Waals surface area contributed by atoms with Gasteiger partial charge in [-0.2, -0.15) is 0 Å². The first kappa shape index (κ1) is 21.0. The van der Waals surface area contributed by atoms with Crippen LogP contribution in [0.15, 0.2) is 18.2 Å². The second-order valence-corrected chi connectivity index (χ2v) is 8.49. The van der Waals surface area contributed by atoms with Gasteiger partial charge < -0.3 is 19.1 Å². The number of carbonyl (C=O) groups excluding carboxylic acids is 2. The number of hydrogen-bond acceptors (Lipinski definition) is 7. The molecule has 1 atom stereocenters. The molecule has 1 aromatic rings. The van der Waals surface area contributed by atoms with Gasteiger partial charge in [0.25, 0.3) is 5.91 Å².